The summed E-state index contributed by atoms with van der Waals surface area (Å²) >= 11 is 0. The second kappa shape index (κ2) is 4.66. The Morgan fingerprint density at radius 1 is 1.13 bits per heavy atom. The van der Waals surface area contributed by atoms with Crippen LogP contribution in [0.5, 0.6) is 0 Å². The zero-order valence-electron chi connectivity index (χ0n) is 8.24. The van der Waals surface area contributed by atoms with Crippen LogP contribution in [0.3, 0.4) is 0 Å². The number of aliphatic hydroxyl groups is 1. The van der Waals surface area contributed by atoms with Crippen molar-refractivity contribution in [2.45, 2.75) is 12.5 Å². The van der Waals surface area contributed by atoms with Gasteiger partial charge in [-0.25, -0.2) is 0 Å². The molecule has 76 valence electrons. The fourth-order valence-corrected chi connectivity index (χ4v) is 1.43. The lowest BCUT2D eigenvalue weighted by molar-refractivity contribution is 0.177. The van der Waals surface area contributed by atoms with E-state index < -0.39 is 6.10 Å². The van der Waals surface area contributed by atoms with Crippen molar-refractivity contribution in [3.63, 3.8) is 0 Å². The van der Waals surface area contributed by atoms with Crippen LogP contribution in [0.15, 0.2) is 48.9 Å². The molecule has 0 aliphatic carbocycles. The van der Waals surface area contributed by atoms with E-state index >= 15 is 0 Å². The molecule has 0 amide bonds. The van der Waals surface area contributed by atoms with Gasteiger partial charge in [-0.3, -0.25) is 9.97 Å². The molecule has 15 heavy (non-hydrogen) atoms. The summed E-state index contributed by atoms with van der Waals surface area (Å²) in [5.74, 6) is 0. The summed E-state index contributed by atoms with van der Waals surface area (Å²) in [6, 6.07) is 9.56. The Bertz CT molecular complexity index is 402. The van der Waals surface area contributed by atoms with E-state index in [9.17, 15) is 5.11 Å². The van der Waals surface area contributed by atoms with Crippen molar-refractivity contribution in [3.8, 4) is 0 Å². The predicted molar refractivity (Wildman–Crippen MR) is 57.1 cm³/mol. The van der Waals surface area contributed by atoms with Crippen LogP contribution < -0.4 is 0 Å². The highest BCUT2D eigenvalue weighted by Gasteiger charge is 2.08. The van der Waals surface area contributed by atoms with Gasteiger partial charge in [-0.15, -0.1) is 0 Å². The van der Waals surface area contributed by atoms with Crippen LogP contribution in [-0.4, -0.2) is 15.1 Å². The first-order valence-electron chi connectivity index (χ1n) is 4.84. The Balaban J connectivity index is 2.08. The molecule has 1 unspecified atom stereocenters. The summed E-state index contributed by atoms with van der Waals surface area (Å²) < 4.78 is 0. The summed E-state index contributed by atoms with van der Waals surface area (Å²) in [6.45, 7) is 0. The molecule has 1 atom stereocenters. The average Bonchev–Trinajstić information content (AvgIpc) is 2.31. The van der Waals surface area contributed by atoms with E-state index in [0.717, 1.165) is 11.3 Å². The van der Waals surface area contributed by atoms with E-state index in [1.807, 2.05) is 30.3 Å². The molecule has 3 heteroatoms. The zero-order chi connectivity index (χ0) is 10.5. The molecular weight excluding hydrogens is 188 g/mol. The van der Waals surface area contributed by atoms with Gasteiger partial charge >= 0.3 is 0 Å². The molecule has 0 aliphatic heterocycles. The molecule has 3 nitrogen and oxygen atoms in total. The van der Waals surface area contributed by atoms with Gasteiger partial charge in [0, 0.05) is 25.0 Å². The maximum atomic E-state index is 9.91. The Hall–Kier alpha value is -1.74. The summed E-state index contributed by atoms with van der Waals surface area (Å²) in [7, 11) is 0. The normalized spacial score (nSPS) is 12.3. The van der Waals surface area contributed by atoms with E-state index in [0.29, 0.717) is 6.42 Å². The van der Waals surface area contributed by atoms with Crippen molar-refractivity contribution in [2.24, 2.45) is 0 Å². The van der Waals surface area contributed by atoms with Crippen LogP contribution in [0.2, 0.25) is 0 Å². The second-order valence-corrected chi connectivity index (χ2v) is 3.33. The number of rotatable bonds is 3. The molecule has 1 aromatic heterocycles. The molecule has 1 aromatic carbocycles. The minimum atomic E-state index is -0.511. The Morgan fingerprint density at radius 2 is 1.93 bits per heavy atom. The number of benzene rings is 1. The van der Waals surface area contributed by atoms with Crippen LogP contribution in [0.25, 0.3) is 0 Å². The predicted octanol–water partition coefficient (Wildman–Crippen LogP) is 1.75. The molecule has 0 saturated heterocycles. The van der Waals surface area contributed by atoms with Gasteiger partial charge in [0.25, 0.3) is 0 Å². The molecule has 0 fully saturated rings. The zero-order valence-corrected chi connectivity index (χ0v) is 8.24. The quantitative estimate of drug-likeness (QED) is 0.821. The highest BCUT2D eigenvalue weighted by atomic mass is 16.3. The number of aromatic nitrogens is 2. The Morgan fingerprint density at radius 3 is 2.60 bits per heavy atom. The van der Waals surface area contributed by atoms with Crippen molar-refractivity contribution in [3.05, 3.63) is 60.2 Å². The minimum absolute atomic E-state index is 0.498. The van der Waals surface area contributed by atoms with Crippen molar-refractivity contribution in [2.75, 3.05) is 0 Å². The lowest BCUT2D eigenvalue weighted by Gasteiger charge is -2.09. The fraction of sp³-hybridized carbons (Fsp3) is 0.167. The lowest BCUT2D eigenvalue weighted by Crippen LogP contribution is -2.03. The maximum Gasteiger partial charge on any atom is 0.0846 e. The molecule has 1 heterocycles. The fourth-order valence-electron chi connectivity index (χ4n) is 1.43. The second-order valence-electron chi connectivity index (χ2n) is 3.33. The number of aliphatic hydroxyl groups excluding tert-OH is 1. The molecule has 2 aromatic rings. The van der Waals surface area contributed by atoms with Gasteiger partial charge in [0.15, 0.2) is 0 Å². The van der Waals surface area contributed by atoms with E-state index in [2.05, 4.69) is 9.97 Å². The first-order valence-corrected chi connectivity index (χ1v) is 4.84. The molecule has 0 bridgehead atoms. The number of nitrogens with zero attached hydrogens (tertiary/aromatic N) is 2. The highest BCUT2D eigenvalue weighted by molar-refractivity contribution is 5.18. The molecule has 0 aliphatic rings. The van der Waals surface area contributed by atoms with Crippen LogP contribution in [0, 0.1) is 0 Å². The van der Waals surface area contributed by atoms with Crippen molar-refractivity contribution in [1.82, 2.24) is 9.97 Å². The average molecular weight is 200 g/mol. The van der Waals surface area contributed by atoms with Gasteiger partial charge in [-0.2, -0.15) is 0 Å². The maximum absolute atomic E-state index is 9.91. The summed E-state index contributed by atoms with van der Waals surface area (Å²) in [5, 5.41) is 9.91. The highest BCUT2D eigenvalue weighted by Crippen LogP contribution is 2.15. The van der Waals surface area contributed by atoms with Crippen LogP contribution in [0.1, 0.15) is 17.4 Å². The molecular formula is C12H12N2O. The van der Waals surface area contributed by atoms with E-state index in [-0.39, 0.29) is 0 Å². The Labute approximate surface area is 88.5 Å². The van der Waals surface area contributed by atoms with E-state index in [4.69, 9.17) is 0 Å². The topological polar surface area (TPSA) is 46.0 Å². The Kier molecular flexibility index (Phi) is 3.05. The minimum Gasteiger partial charge on any atom is -0.388 e. The van der Waals surface area contributed by atoms with E-state index in [1.165, 1.54) is 0 Å². The summed E-state index contributed by atoms with van der Waals surface area (Å²) in [6.07, 6.45) is 4.91. The van der Waals surface area contributed by atoms with Crippen molar-refractivity contribution >= 4 is 0 Å². The van der Waals surface area contributed by atoms with Crippen LogP contribution >= 0.6 is 0 Å². The summed E-state index contributed by atoms with van der Waals surface area (Å²) in [5.41, 5.74) is 1.71. The smallest absolute Gasteiger partial charge is 0.0846 e. The van der Waals surface area contributed by atoms with Crippen molar-refractivity contribution < 1.29 is 5.11 Å². The number of hydrogen-bond donors (Lipinski definition) is 1. The van der Waals surface area contributed by atoms with Crippen LogP contribution in [0.4, 0.5) is 0 Å². The van der Waals surface area contributed by atoms with Gasteiger partial charge in [-0.1, -0.05) is 30.3 Å². The third-order valence-corrected chi connectivity index (χ3v) is 2.20. The molecule has 0 radical (unpaired) electrons. The van der Waals surface area contributed by atoms with Gasteiger partial charge in [0.1, 0.15) is 0 Å². The van der Waals surface area contributed by atoms with Gasteiger partial charge < -0.3 is 5.11 Å². The van der Waals surface area contributed by atoms with Gasteiger partial charge in [-0.05, 0) is 5.56 Å². The van der Waals surface area contributed by atoms with Gasteiger partial charge in [0.05, 0.1) is 11.8 Å². The third-order valence-electron chi connectivity index (χ3n) is 2.20. The first kappa shape index (κ1) is 9.80. The summed E-state index contributed by atoms with van der Waals surface area (Å²) in [4.78, 5) is 8.08. The molecule has 0 spiro atoms. The lowest BCUT2D eigenvalue weighted by atomic mass is 10.1. The van der Waals surface area contributed by atoms with Crippen LogP contribution in [-0.2, 0) is 6.42 Å². The monoisotopic (exact) mass is 200 g/mol. The largest absolute Gasteiger partial charge is 0.388 e. The third kappa shape index (κ3) is 2.60. The molecule has 0 saturated carbocycles. The van der Waals surface area contributed by atoms with Gasteiger partial charge in [0.2, 0.25) is 0 Å². The van der Waals surface area contributed by atoms with Crippen molar-refractivity contribution in [1.29, 1.82) is 0 Å². The first-order chi connectivity index (χ1) is 7.36. The standard InChI is InChI=1S/C12H12N2O/c15-12(10-4-2-1-3-5-10)8-11-9-13-6-7-14-11/h1-7,9,12,15H,8H2. The van der Waals surface area contributed by atoms with E-state index in [1.54, 1.807) is 18.6 Å². The SMILES string of the molecule is OC(Cc1cnccn1)c1ccccc1. The molecule has 2 rings (SSSR count). The number of hydrogen-bond acceptors (Lipinski definition) is 3. The molecule has 1 N–H and O–H groups in total.